The molecule has 0 aliphatic carbocycles. The summed E-state index contributed by atoms with van der Waals surface area (Å²) in [7, 11) is 0. The third-order valence-corrected chi connectivity index (χ3v) is 4.41. The highest BCUT2D eigenvalue weighted by Gasteiger charge is 2.20. The Morgan fingerprint density at radius 1 is 1.19 bits per heavy atom. The fourth-order valence-corrected chi connectivity index (χ4v) is 3.14. The molecule has 4 aromatic rings. The lowest BCUT2D eigenvalue weighted by Crippen LogP contribution is -1.95. The van der Waals surface area contributed by atoms with Crippen molar-refractivity contribution in [2.45, 2.75) is 26.7 Å². The number of hydrogen-bond donors (Lipinski definition) is 1. The first kappa shape index (κ1) is 16.0. The highest BCUT2D eigenvalue weighted by molar-refractivity contribution is 5.82. The lowest BCUT2D eigenvalue weighted by molar-refractivity contribution is 0.812. The quantitative estimate of drug-likeness (QED) is 0.608. The maximum atomic E-state index is 9.31. The monoisotopic (exact) mass is 342 g/mol. The predicted octanol–water partition coefficient (Wildman–Crippen LogP) is 4.09. The molecule has 128 valence electrons. The van der Waals surface area contributed by atoms with Gasteiger partial charge < -0.3 is 0 Å². The van der Waals surface area contributed by atoms with Crippen molar-refractivity contribution in [2.75, 3.05) is 0 Å². The summed E-state index contributed by atoms with van der Waals surface area (Å²) in [6.45, 7) is 6.22. The van der Waals surface area contributed by atoms with E-state index in [2.05, 4.69) is 40.1 Å². The van der Waals surface area contributed by atoms with Crippen LogP contribution >= 0.6 is 0 Å². The number of fused-ring (bicyclic) bond motifs is 1. The van der Waals surface area contributed by atoms with E-state index in [0.717, 1.165) is 39.5 Å². The topological polar surface area (TPSA) is 82.7 Å². The summed E-state index contributed by atoms with van der Waals surface area (Å²) in [4.78, 5) is 8.90. The largest absolute Gasteiger partial charge is 0.291 e. The van der Waals surface area contributed by atoms with Gasteiger partial charge in [0.2, 0.25) is 0 Å². The van der Waals surface area contributed by atoms with Crippen molar-refractivity contribution >= 4 is 5.65 Å². The van der Waals surface area contributed by atoms with E-state index >= 15 is 0 Å². The molecule has 6 heteroatoms. The first-order chi connectivity index (χ1) is 12.6. The second kappa shape index (κ2) is 6.12. The molecular weight excluding hydrogens is 324 g/mol. The van der Waals surface area contributed by atoms with Crippen LogP contribution in [0.3, 0.4) is 0 Å². The molecule has 0 amide bonds. The average molecular weight is 342 g/mol. The van der Waals surface area contributed by atoms with Crippen LogP contribution in [-0.4, -0.2) is 24.6 Å². The molecule has 0 bridgehead atoms. The minimum absolute atomic E-state index is 0.269. The summed E-state index contributed by atoms with van der Waals surface area (Å²) in [6, 6.07) is 12.0. The zero-order valence-corrected chi connectivity index (χ0v) is 14.9. The summed E-state index contributed by atoms with van der Waals surface area (Å²) < 4.78 is 1.81. The van der Waals surface area contributed by atoms with Gasteiger partial charge in [0.25, 0.3) is 0 Å². The van der Waals surface area contributed by atoms with E-state index in [-0.39, 0.29) is 5.92 Å². The lowest BCUT2D eigenvalue weighted by Gasteiger charge is -2.10. The molecule has 0 saturated carbocycles. The molecule has 6 nitrogen and oxygen atoms in total. The van der Waals surface area contributed by atoms with E-state index in [0.29, 0.717) is 5.69 Å². The van der Waals surface area contributed by atoms with Crippen LogP contribution in [-0.2, 0) is 0 Å². The summed E-state index contributed by atoms with van der Waals surface area (Å²) >= 11 is 0. The Morgan fingerprint density at radius 3 is 2.77 bits per heavy atom. The third kappa shape index (κ3) is 2.54. The van der Waals surface area contributed by atoms with Crippen molar-refractivity contribution in [3.63, 3.8) is 0 Å². The first-order valence-corrected chi connectivity index (χ1v) is 8.48. The zero-order valence-electron chi connectivity index (χ0n) is 14.9. The number of nitriles is 1. The van der Waals surface area contributed by atoms with Crippen molar-refractivity contribution in [3.8, 4) is 28.6 Å². The molecule has 0 radical (unpaired) electrons. The Bertz CT molecular complexity index is 1140. The maximum Gasteiger partial charge on any atom is 0.144 e. The molecule has 0 aromatic carbocycles. The number of nitrogens with one attached hydrogen (secondary N) is 1. The van der Waals surface area contributed by atoms with Crippen LogP contribution in [0.15, 0.2) is 42.7 Å². The van der Waals surface area contributed by atoms with Gasteiger partial charge in [-0.1, -0.05) is 19.9 Å². The second-order valence-corrected chi connectivity index (χ2v) is 6.58. The lowest BCUT2D eigenvalue weighted by atomic mass is 9.97. The van der Waals surface area contributed by atoms with Crippen LogP contribution in [0.25, 0.3) is 28.2 Å². The fourth-order valence-electron chi connectivity index (χ4n) is 3.14. The number of aromatic amines is 1. The minimum atomic E-state index is 0.269. The van der Waals surface area contributed by atoms with Gasteiger partial charge in [0.1, 0.15) is 23.1 Å². The Labute approximate surface area is 151 Å². The number of aromatic nitrogens is 5. The van der Waals surface area contributed by atoms with Gasteiger partial charge in [-0.05, 0) is 37.1 Å². The average Bonchev–Trinajstić information content (AvgIpc) is 3.25. The van der Waals surface area contributed by atoms with Crippen LogP contribution in [0.5, 0.6) is 0 Å². The van der Waals surface area contributed by atoms with Gasteiger partial charge in [0.15, 0.2) is 0 Å². The molecule has 0 unspecified atom stereocenters. The van der Waals surface area contributed by atoms with Crippen molar-refractivity contribution in [3.05, 3.63) is 59.8 Å². The van der Waals surface area contributed by atoms with Gasteiger partial charge in [-0.15, -0.1) is 0 Å². The van der Waals surface area contributed by atoms with Gasteiger partial charge in [-0.3, -0.25) is 14.5 Å². The summed E-state index contributed by atoms with van der Waals surface area (Å²) in [6.07, 6.45) is 3.53. The van der Waals surface area contributed by atoms with Gasteiger partial charge >= 0.3 is 0 Å². The molecular formula is C20H18N6. The number of H-pyrrole nitrogens is 1. The summed E-state index contributed by atoms with van der Waals surface area (Å²) in [5, 5.41) is 17.1. The van der Waals surface area contributed by atoms with E-state index in [4.69, 9.17) is 0 Å². The van der Waals surface area contributed by atoms with Gasteiger partial charge in [-0.25, -0.2) is 4.98 Å². The van der Waals surface area contributed by atoms with E-state index in [1.54, 1.807) is 10.6 Å². The highest BCUT2D eigenvalue weighted by atomic mass is 15.1. The molecule has 0 spiro atoms. The molecule has 0 fully saturated rings. The maximum absolute atomic E-state index is 9.31. The molecule has 0 aliphatic rings. The third-order valence-electron chi connectivity index (χ3n) is 4.41. The number of rotatable bonds is 3. The number of imidazole rings is 1. The predicted molar refractivity (Wildman–Crippen MR) is 99.5 cm³/mol. The van der Waals surface area contributed by atoms with Gasteiger partial charge in [-0.2, -0.15) is 10.4 Å². The minimum Gasteiger partial charge on any atom is -0.291 e. The Morgan fingerprint density at radius 2 is 2.04 bits per heavy atom. The Kier molecular flexibility index (Phi) is 3.77. The molecule has 0 atom stereocenters. The second-order valence-electron chi connectivity index (χ2n) is 6.58. The molecule has 1 N–H and O–H groups in total. The molecule has 4 heterocycles. The Hall–Kier alpha value is -3.46. The van der Waals surface area contributed by atoms with Crippen LogP contribution in [0.4, 0.5) is 0 Å². The van der Waals surface area contributed by atoms with Crippen LogP contribution < -0.4 is 0 Å². The van der Waals surface area contributed by atoms with Crippen LogP contribution in [0.2, 0.25) is 0 Å². The van der Waals surface area contributed by atoms with E-state index in [1.807, 2.05) is 43.5 Å². The van der Waals surface area contributed by atoms with Crippen molar-refractivity contribution in [2.24, 2.45) is 0 Å². The first-order valence-electron chi connectivity index (χ1n) is 8.48. The van der Waals surface area contributed by atoms with Crippen molar-refractivity contribution in [1.82, 2.24) is 24.6 Å². The van der Waals surface area contributed by atoms with Crippen LogP contribution in [0.1, 0.15) is 36.8 Å². The van der Waals surface area contributed by atoms with Crippen molar-refractivity contribution < 1.29 is 0 Å². The normalized spacial score (nSPS) is 11.2. The molecule has 0 saturated heterocycles. The standard InChI is InChI=1S/C20H18N6/c1-12(2)19-18(20(25-24-19)16-6-4-5-13(3)23-16)14-7-8-17-22-10-15(9-21)26(17)11-14/h4-8,10-12H,1-3H3,(H,24,25). The smallest absolute Gasteiger partial charge is 0.144 e. The zero-order chi connectivity index (χ0) is 18.3. The SMILES string of the molecule is Cc1cccc(-c2n[nH]c(C(C)C)c2-c2ccc3ncc(C#N)n3c2)n1. The van der Waals surface area contributed by atoms with Crippen LogP contribution in [0, 0.1) is 18.3 Å². The van der Waals surface area contributed by atoms with Gasteiger partial charge in [0.05, 0.1) is 11.9 Å². The summed E-state index contributed by atoms with van der Waals surface area (Å²) in [5.74, 6) is 0.269. The molecule has 0 aliphatic heterocycles. The number of aryl methyl sites for hydroxylation is 1. The van der Waals surface area contributed by atoms with Gasteiger partial charge in [0, 0.05) is 28.7 Å². The van der Waals surface area contributed by atoms with Crippen molar-refractivity contribution in [1.29, 1.82) is 5.26 Å². The van der Waals surface area contributed by atoms with E-state index < -0.39 is 0 Å². The number of nitrogens with zero attached hydrogens (tertiary/aromatic N) is 5. The molecule has 4 rings (SSSR count). The highest BCUT2D eigenvalue weighted by Crippen LogP contribution is 2.36. The number of pyridine rings is 2. The van der Waals surface area contributed by atoms with E-state index in [9.17, 15) is 5.26 Å². The summed E-state index contributed by atoms with van der Waals surface area (Å²) in [5.41, 5.74) is 6.87. The molecule has 26 heavy (non-hydrogen) atoms. The molecule has 4 aromatic heterocycles. The Balaban J connectivity index is 1.98. The fraction of sp³-hybridized carbons (Fsp3) is 0.200. The van der Waals surface area contributed by atoms with E-state index in [1.165, 1.54) is 0 Å². The number of hydrogen-bond acceptors (Lipinski definition) is 4.